The second kappa shape index (κ2) is 7.51. The lowest BCUT2D eigenvalue weighted by Crippen LogP contribution is -2.45. The Morgan fingerprint density at radius 3 is 2.77 bits per heavy atom. The summed E-state index contributed by atoms with van der Waals surface area (Å²) in [6.45, 7) is 1.75. The second-order valence-electron chi connectivity index (χ2n) is 5.48. The molecule has 1 fully saturated rings. The molecule has 0 aromatic heterocycles. The van der Waals surface area contributed by atoms with Crippen LogP contribution in [0.3, 0.4) is 0 Å². The van der Waals surface area contributed by atoms with E-state index in [4.69, 9.17) is 5.11 Å². The number of benzene rings is 1. The molecular weight excluding hydrogens is 280 g/mol. The van der Waals surface area contributed by atoms with Crippen LogP contribution in [-0.2, 0) is 11.3 Å². The normalized spacial score (nSPS) is 17.3. The van der Waals surface area contributed by atoms with Crippen LogP contribution in [0.25, 0.3) is 0 Å². The highest BCUT2D eigenvalue weighted by molar-refractivity contribution is 5.86. The smallest absolute Gasteiger partial charge is 0.381 e. The van der Waals surface area contributed by atoms with E-state index in [0.29, 0.717) is 19.6 Å². The quantitative estimate of drug-likeness (QED) is 0.850. The SMILES string of the molecule is CN(Cc1ccccc1)C(=O)N1CCC[C@@H](C#CC(=O)O)C1. The summed E-state index contributed by atoms with van der Waals surface area (Å²) in [5.41, 5.74) is 1.08. The number of carbonyl (C=O) groups excluding carboxylic acids is 1. The van der Waals surface area contributed by atoms with Crippen molar-refractivity contribution in [2.45, 2.75) is 19.4 Å². The predicted molar refractivity (Wildman–Crippen MR) is 83.0 cm³/mol. The lowest BCUT2D eigenvalue weighted by molar-refractivity contribution is -0.130. The van der Waals surface area contributed by atoms with Crippen LogP contribution in [0.5, 0.6) is 0 Å². The van der Waals surface area contributed by atoms with Gasteiger partial charge in [-0.2, -0.15) is 0 Å². The number of carboxylic acid groups (broad SMARTS) is 1. The van der Waals surface area contributed by atoms with Crippen LogP contribution in [0.2, 0.25) is 0 Å². The lowest BCUT2D eigenvalue weighted by atomic mass is 9.99. The third-order valence-electron chi connectivity index (χ3n) is 3.66. The molecule has 1 atom stereocenters. The zero-order valence-corrected chi connectivity index (χ0v) is 12.7. The third-order valence-corrected chi connectivity index (χ3v) is 3.66. The number of carboxylic acids is 1. The standard InChI is InChI=1S/C17H20N2O3/c1-18(12-14-6-3-2-4-7-14)17(22)19-11-5-8-15(13-19)9-10-16(20)21/h2-4,6-7,15H,5,8,11-13H2,1H3,(H,20,21)/t15-/m0/s1. The molecule has 0 unspecified atom stereocenters. The largest absolute Gasteiger partial charge is 0.472 e. The van der Waals surface area contributed by atoms with Gasteiger partial charge in [0, 0.05) is 38.5 Å². The fourth-order valence-corrected chi connectivity index (χ4v) is 2.60. The van der Waals surface area contributed by atoms with E-state index in [0.717, 1.165) is 18.4 Å². The molecule has 2 amide bonds. The van der Waals surface area contributed by atoms with Crippen LogP contribution in [0.15, 0.2) is 30.3 Å². The van der Waals surface area contributed by atoms with Crippen LogP contribution in [-0.4, -0.2) is 47.0 Å². The summed E-state index contributed by atoms with van der Waals surface area (Å²) in [5.74, 6) is 3.71. The second-order valence-corrected chi connectivity index (χ2v) is 5.48. The zero-order valence-electron chi connectivity index (χ0n) is 12.7. The van der Waals surface area contributed by atoms with Crippen LogP contribution < -0.4 is 0 Å². The van der Waals surface area contributed by atoms with E-state index in [1.165, 1.54) is 0 Å². The number of likely N-dealkylation sites (tertiary alicyclic amines) is 1. The summed E-state index contributed by atoms with van der Waals surface area (Å²) in [4.78, 5) is 26.4. The minimum Gasteiger partial charge on any atom is -0.472 e. The maximum absolute atomic E-state index is 12.5. The number of carbonyl (C=O) groups is 2. The highest BCUT2D eigenvalue weighted by atomic mass is 16.4. The first kappa shape index (κ1) is 15.9. The van der Waals surface area contributed by atoms with Crippen LogP contribution >= 0.6 is 0 Å². The van der Waals surface area contributed by atoms with Crippen LogP contribution in [0.4, 0.5) is 4.79 Å². The van der Waals surface area contributed by atoms with E-state index >= 15 is 0 Å². The summed E-state index contributed by atoms with van der Waals surface area (Å²) in [6, 6.07) is 9.79. The highest BCUT2D eigenvalue weighted by Gasteiger charge is 2.24. The molecule has 0 spiro atoms. The van der Waals surface area contributed by atoms with Crippen molar-refractivity contribution in [1.82, 2.24) is 9.80 Å². The molecule has 1 heterocycles. The molecule has 0 saturated carbocycles. The van der Waals surface area contributed by atoms with E-state index in [2.05, 4.69) is 11.8 Å². The van der Waals surface area contributed by atoms with E-state index in [1.54, 1.807) is 16.8 Å². The number of hydrogen-bond donors (Lipinski definition) is 1. The molecule has 1 aromatic rings. The topological polar surface area (TPSA) is 60.9 Å². The molecular formula is C17H20N2O3. The summed E-state index contributed by atoms with van der Waals surface area (Å²) >= 11 is 0. The maximum Gasteiger partial charge on any atom is 0.381 e. The number of rotatable bonds is 2. The Bertz CT molecular complexity index is 589. The maximum atomic E-state index is 12.5. The Kier molecular flexibility index (Phi) is 5.42. The van der Waals surface area contributed by atoms with Gasteiger partial charge in [0.25, 0.3) is 0 Å². The highest BCUT2D eigenvalue weighted by Crippen LogP contribution is 2.17. The molecule has 1 saturated heterocycles. The summed E-state index contributed by atoms with van der Waals surface area (Å²) < 4.78 is 0. The average molecular weight is 300 g/mol. The lowest BCUT2D eigenvalue weighted by Gasteiger charge is -2.33. The average Bonchev–Trinajstić information content (AvgIpc) is 2.53. The minimum atomic E-state index is -1.12. The predicted octanol–water partition coefficient (Wildman–Crippen LogP) is 2.04. The number of nitrogens with zero attached hydrogens (tertiary/aromatic N) is 2. The zero-order chi connectivity index (χ0) is 15.9. The number of aliphatic carboxylic acids is 1. The molecule has 5 nitrogen and oxygen atoms in total. The van der Waals surface area contributed by atoms with Gasteiger partial charge in [-0.3, -0.25) is 0 Å². The van der Waals surface area contributed by atoms with Crippen molar-refractivity contribution in [3.63, 3.8) is 0 Å². The molecule has 1 aliphatic heterocycles. The van der Waals surface area contributed by atoms with E-state index < -0.39 is 5.97 Å². The van der Waals surface area contributed by atoms with Gasteiger partial charge in [0.2, 0.25) is 0 Å². The van der Waals surface area contributed by atoms with Crippen molar-refractivity contribution in [3.05, 3.63) is 35.9 Å². The van der Waals surface area contributed by atoms with Gasteiger partial charge in [0.1, 0.15) is 0 Å². The van der Waals surface area contributed by atoms with Gasteiger partial charge in [-0.1, -0.05) is 36.3 Å². The Morgan fingerprint density at radius 1 is 1.36 bits per heavy atom. The molecule has 22 heavy (non-hydrogen) atoms. The molecule has 2 rings (SSSR count). The van der Waals surface area contributed by atoms with Crippen molar-refractivity contribution in [2.75, 3.05) is 20.1 Å². The Morgan fingerprint density at radius 2 is 2.09 bits per heavy atom. The van der Waals surface area contributed by atoms with Crippen molar-refractivity contribution in [2.24, 2.45) is 5.92 Å². The first-order chi connectivity index (χ1) is 10.6. The summed E-state index contributed by atoms with van der Waals surface area (Å²) in [6.07, 6.45) is 1.69. The first-order valence-electron chi connectivity index (χ1n) is 7.34. The van der Waals surface area contributed by atoms with Crippen LogP contribution in [0.1, 0.15) is 18.4 Å². The van der Waals surface area contributed by atoms with Gasteiger partial charge in [-0.25, -0.2) is 9.59 Å². The van der Waals surface area contributed by atoms with Gasteiger partial charge in [-0.15, -0.1) is 0 Å². The fourth-order valence-electron chi connectivity index (χ4n) is 2.60. The van der Waals surface area contributed by atoms with Gasteiger partial charge < -0.3 is 14.9 Å². The molecule has 1 N–H and O–H groups in total. The monoisotopic (exact) mass is 300 g/mol. The van der Waals surface area contributed by atoms with E-state index in [1.807, 2.05) is 30.3 Å². The summed E-state index contributed by atoms with van der Waals surface area (Å²) in [5, 5.41) is 8.61. The molecule has 0 radical (unpaired) electrons. The van der Waals surface area contributed by atoms with Crippen molar-refractivity contribution in [1.29, 1.82) is 0 Å². The van der Waals surface area contributed by atoms with Gasteiger partial charge in [0.05, 0.1) is 0 Å². The van der Waals surface area contributed by atoms with Crippen molar-refractivity contribution in [3.8, 4) is 11.8 Å². The van der Waals surface area contributed by atoms with Gasteiger partial charge >= 0.3 is 12.0 Å². The Hall–Kier alpha value is -2.48. The van der Waals surface area contributed by atoms with Crippen molar-refractivity contribution >= 4 is 12.0 Å². The molecule has 0 aliphatic carbocycles. The van der Waals surface area contributed by atoms with Gasteiger partial charge in [-0.05, 0) is 18.4 Å². The number of amides is 2. The van der Waals surface area contributed by atoms with Gasteiger partial charge in [0.15, 0.2) is 0 Å². The Labute approximate surface area is 130 Å². The van der Waals surface area contributed by atoms with E-state index in [-0.39, 0.29) is 11.9 Å². The molecule has 1 aromatic carbocycles. The van der Waals surface area contributed by atoms with Crippen LogP contribution in [0, 0.1) is 17.8 Å². The molecule has 116 valence electrons. The first-order valence-corrected chi connectivity index (χ1v) is 7.34. The van der Waals surface area contributed by atoms with Crippen molar-refractivity contribution < 1.29 is 14.7 Å². The molecule has 5 heteroatoms. The number of piperidine rings is 1. The summed E-state index contributed by atoms with van der Waals surface area (Å²) in [7, 11) is 1.78. The third kappa shape index (κ3) is 4.52. The molecule has 1 aliphatic rings. The number of urea groups is 1. The minimum absolute atomic E-state index is 0.0364. The fraction of sp³-hybridized carbons (Fsp3) is 0.412. The number of hydrogen-bond acceptors (Lipinski definition) is 2. The molecule has 0 bridgehead atoms. The Balaban J connectivity index is 1.94. The van der Waals surface area contributed by atoms with E-state index in [9.17, 15) is 9.59 Å².